The topological polar surface area (TPSA) is 204 Å². The summed E-state index contributed by atoms with van der Waals surface area (Å²) in [7, 11) is 1.34. The summed E-state index contributed by atoms with van der Waals surface area (Å²) < 4.78 is 15.3. The Balaban J connectivity index is 0.0000162. The van der Waals surface area contributed by atoms with Gasteiger partial charge in [-0.25, -0.2) is 4.79 Å². The van der Waals surface area contributed by atoms with E-state index in [0.29, 0.717) is 43.7 Å². The van der Waals surface area contributed by atoms with Gasteiger partial charge in [-0.3, -0.25) is 24.0 Å². The number of nitrogens with two attached hydrogens (primary N) is 1. The lowest BCUT2D eigenvalue weighted by Gasteiger charge is -2.24. The molecule has 3 atom stereocenters. The van der Waals surface area contributed by atoms with Crippen molar-refractivity contribution < 1.29 is 43.0 Å². The summed E-state index contributed by atoms with van der Waals surface area (Å²) in [5.41, 5.74) is 8.23. The van der Waals surface area contributed by atoms with Crippen LogP contribution in [0.1, 0.15) is 83.4 Å². The minimum Gasteiger partial charge on any atom is -0.469 e. The molecule has 0 saturated heterocycles. The van der Waals surface area contributed by atoms with Crippen molar-refractivity contribution in [3.63, 3.8) is 0 Å². The van der Waals surface area contributed by atoms with E-state index in [0.717, 1.165) is 23.1 Å². The standard InChI is InChI=1S/C41H61N5O9S.ClH/c1-27(2)26-54-40(52)55-34-18-17-29(22-30(34)41(3,4)5)23-31(42)37(49)46-32(19-21-56-7)38(50)44-25-35(47)45-33(24-28-14-10-8-11-15-28)39(51)43-20-13-9-12-16-36(48)53-6;/h8,10-11,14-15,17-18,22,27,31-33H,9,12-13,16,19-21,23-26,42H2,1-7H3,(H,43,51)(H,44,50)(H,45,47)(H,46,49);1H/t31-,32+,33-;/m0./s1. The molecule has 0 unspecified atom stereocenters. The Morgan fingerprint density at radius 1 is 0.825 bits per heavy atom. The van der Waals surface area contributed by atoms with Gasteiger partial charge < -0.3 is 41.2 Å². The number of amides is 4. The Hall–Kier alpha value is -4.34. The van der Waals surface area contributed by atoms with Crippen LogP contribution >= 0.6 is 24.2 Å². The van der Waals surface area contributed by atoms with Crippen LogP contribution in [0.3, 0.4) is 0 Å². The molecular weight excluding hydrogens is 774 g/mol. The summed E-state index contributed by atoms with van der Waals surface area (Å²) in [4.78, 5) is 76.5. The first kappa shape index (κ1) is 50.7. The Labute approximate surface area is 347 Å². The number of methoxy groups -OCH3 is 1. The molecule has 0 radical (unpaired) electrons. The molecule has 0 aliphatic heterocycles. The molecule has 6 N–H and O–H groups in total. The Bertz CT molecular complexity index is 1590. The van der Waals surface area contributed by atoms with E-state index in [1.807, 2.05) is 77.3 Å². The average Bonchev–Trinajstić information content (AvgIpc) is 3.15. The highest BCUT2D eigenvalue weighted by Crippen LogP contribution is 2.33. The zero-order valence-corrected chi connectivity index (χ0v) is 35.9. The van der Waals surface area contributed by atoms with Crippen LogP contribution < -0.4 is 31.7 Å². The molecule has 318 valence electrons. The third-order valence-electron chi connectivity index (χ3n) is 8.56. The summed E-state index contributed by atoms with van der Waals surface area (Å²) >= 11 is 1.50. The van der Waals surface area contributed by atoms with Gasteiger partial charge in [0.2, 0.25) is 23.6 Å². The largest absolute Gasteiger partial charge is 0.513 e. The molecule has 0 aromatic heterocycles. The van der Waals surface area contributed by atoms with E-state index >= 15 is 0 Å². The maximum absolute atomic E-state index is 13.3. The highest BCUT2D eigenvalue weighted by molar-refractivity contribution is 7.98. The molecule has 0 heterocycles. The van der Waals surface area contributed by atoms with Crippen LogP contribution in [0.15, 0.2) is 48.5 Å². The van der Waals surface area contributed by atoms with Gasteiger partial charge in [0.25, 0.3) is 0 Å². The second-order valence-corrected chi connectivity index (χ2v) is 16.0. The van der Waals surface area contributed by atoms with Gasteiger partial charge in [-0.05, 0) is 66.2 Å². The number of thioether (sulfide) groups is 1. The molecule has 2 aromatic rings. The van der Waals surface area contributed by atoms with E-state index in [1.165, 1.54) is 18.9 Å². The third-order valence-corrected chi connectivity index (χ3v) is 9.20. The maximum Gasteiger partial charge on any atom is 0.513 e. The van der Waals surface area contributed by atoms with Crippen molar-refractivity contribution in [3.05, 3.63) is 65.2 Å². The van der Waals surface area contributed by atoms with Gasteiger partial charge in [-0.1, -0.05) is 83.5 Å². The average molecular weight is 836 g/mol. The van der Waals surface area contributed by atoms with Crippen molar-refractivity contribution >= 4 is 59.9 Å². The van der Waals surface area contributed by atoms with E-state index in [9.17, 15) is 28.8 Å². The van der Waals surface area contributed by atoms with Crippen molar-refractivity contribution in [2.45, 2.75) is 103 Å². The van der Waals surface area contributed by atoms with Gasteiger partial charge in [0.1, 0.15) is 17.8 Å². The number of rotatable bonds is 23. The molecule has 0 saturated carbocycles. The number of hydrogen-bond acceptors (Lipinski definition) is 11. The number of benzene rings is 2. The number of unbranched alkanes of at least 4 members (excludes halogenated alkanes) is 2. The van der Waals surface area contributed by atoms with Crippen LogP contribution in [-0.4, -0.2) is 92.7 Å². The smallest absolute Gasteiger partial charge is 0.469 e. The van der Waals surface area contributed by atoms with Crippen LogP contribution in [0.5, 0.6) is 5.75 Å². The fraction of sp³-hybridized carbons (Fsp3) is 0.561. The van der Waals surface area contributed by atoms with Crippen LogP contribution in [0, 0.1) is 5.92 Å². The molecule has 0 fully saturated rings. The molecule has 16 heteroatoms. The molecule has 2 rings (SSSR count). The third kappa shape index (κ3) is 20.1. The molecule has 0 bridgehead atoms. The second-order valence-electron chi connectivity index (χ2n) is 15.0. The molecule has 57 heavy (non-hydrogen) atoms. The molecule has 2 aromatic carbocycles. The first-order valence-corrected chi connectivity index (χ1v) is 20.4. The van der Waals surface area contributed by atoms with Crippen molar-refractivity contribution in [3.8, 4) is 5.75 Å². The van der Waals surface area contributed by atoms with Gasteiger partial charge >= 0.3 is 12.1 Å². The van der Waals surface area contributed by atoms with Gasteiger partial charge in [0, 0.05) is 24.9 Å². The van der Waals surface area contributed by atoms with Gasteiger partial charge in [0.05, 0.1) is 26.3 Å². The minimum atomic E-state index is -1.01. The van der Waals surface area contributed by atoms with Crippen molar-refractivity contribution in [2.75, 3.05) is 38.8 Å². The van der Waals surface area contributed by atoms with Crippen molar-refractivity contribution in [2.24, 2.45) is 11.7 Å². The monoisotopic (exact) mass is 835 g/mol. The molecule has 4 amide bonds. The highest BCUT2D eigenvalue weighted by atomic mass is 35.5. The molecule has 14 nitrogen and oxygen atoms in total. The zero-order chi connectivity index (χ0) is 41.7. The van der Waals surface area contributed by atoms with E-state index in [2.05, 4.69) is 26.0 Å². The quantitative estimate of drug-likeness (QED) is 0.0604. The number of carbonyl (C=O) groups is 6. The lowest BCUT2D eigenvalue weighted by molar-refractivity contribution is -0.140. The first-order chi connectivity index (χ1) is 26.5. The number of carbonyl (C=O) groups excluding carboxylic acids is 6. The van der Waals surface area contributed by atoms with E-state index in [4.69, 9.17) is 15.2 Å². The van der Waals surface area contributed by atoms with E-state index in [-0.39, 0.29) is 49.6 Å². The van der Waals surface area contributed by atoms with Crippen molar-refractivity contribution in [1.82, 2.24) is 21.3 Å². The summed E-state index contributed by atoms with van der Waals surface area (Å²) in [6, 6.07) is 11.6. The Morgan fingerprint density at radius 2 is 1.51 bits per heavy atom. The summed E-state index contributed by atoms with van der Waals surface area (Å²) in [6.45, 7) is 9.94. The minimum absolute atomic E-state index is 0. The van der Waals surface area contributed by atoms with Crippen LogP contribution in [-0.2, 0) is 51.7 Å². The highest BCUT2D eigenvalue weighted by Gasteiger charge is 2.27. The fourth-order valence-corrected chi connectivity index (χ4v) is 5.94. The lowest BCUT2D eigenvalue weighted by atomic mass is 9.84. The molecular formula is C41H62ClN5O9S. The summed E-state index contributed by atoms with van der Waals surface area (Å²) in [5.74, 6) is -1.28. The number of hydrogen-bond donors (Lipinski definition) is 5. The molecule has 0 spiro atoms. The summed E-state index contributed by atoms with van der Waals surface area (Å²) in [5, 5.41) is 10.9. The Morgan fingerprint density at radius 3 is 2.14 bits per heavy atom. The van der Waals surface area contributed by atoms with Gasteiger partial charge in [-0.2, -0.15) is 11.8 Å². The molecule has 0 aliphatic rings. The van der Waals surface area contributed by atoms with Crippen LogP contribution in [0.25, 0.3) is 0 Å². The van der Waals surface area contributed by atoms with Crippen LogP contribution in [0.4, 0.5) is 4.79 Å². The maximum atomic E-state index is 13.3. The number of ether oxygens (including phenoxy) is 3. The predicted octanol–water partition coefficient (Wildman–Crippen LogP) is 4.38. The predicted molar refractivity (Wildman–Crippen MR) is 224 cm³/mol. The fourth-order valence-electron chi connectivity index (χ4n) is 5.47. The van der Waals surface area contributed by atoms with Gasteiger partial charge in [0.15, 0.2) is 0 Å². The van der Waals surface area contributed by atoms with Crippen molar-refractivity contribution in [1.29, 1.82) is 0 Å². The lowest BCUT2D eigenvalue weighted by Crippen LogP contribution is -2.54. The number of nitrogens with one attached hydrogen (secondary N) is 4. The van der Waals surface area contributed by atoms with E-state index in [1.54, 1.807) is 12.1 Å². The Kier molecular flexibility index (Phi) is 23.6. The van der Waals surface area contributed by atoms with E-state index < -0.39 is 54.0 Å². The SMILES string of the molecule is COC(=O)CCCCCNC(=O)[C@H](Cc1ccccc1)NC(=O)CNC(=O)[C@@H](CCSC)NC(=O)[C@@H](N)Cc1ccc(OC(=O)OCC(C)C)c(C(C)(C)C)c1.Cl. The number of halogens is 1. The first-order valence-electron chi connectivity index (χ1n) is 19.0. The molecule has 0 aliphatic carbocycles. The second kappa shape index (κ2) is 26.6. The summed E-state index contributed by atoms with van der Waals surface area (Å²) in [6.07, 6.45) is 4.05. The number of esters is 1. The van der Waals surface area contributed by atoms with Crippen LogP contribution in [0.2, 0.25) is 0 Å². The zero-order valence-electron chi connectivity index (χ0n) is 34.3. The van der Waals surface area contributed by atoms with Gasteiger partial charge in [-0.15, -0.1) is 12.4 Å². The normalized spacial score (nSPS) is 12.6.